The molecule has 0 saturated carbocycles. The molecule has 0 amide bonds. The molecule has 92 valence electrons. The van der Waals surface area contributed by atoms with Crippen molar-refractivity contribution in [2.24, 2.45) is 0 Å². The van der Waals surface area contributed by atoms with Crippen LogP contribution in [-0.4, -0.2) is 22.0 Å². The van der Waals surface area contributed by atoms with Gasteiger partial charge >= 0.3 is 0 Å². The highest BCUT2D eigenvalue weighted by Crippen LogP contribution is 2.32. The second-order valence-corrected chi connectivity index (χ2v) is 3.69. The zero-order valence-corrected chi connectivity index (χ0v) is 10.1. The summed E-state index contributed by atoms with van der Waals surface area (Å²) >= 11 is 5.70. The molecule has 0 aliphatic heterocycles. The molecule has 0 unspecified atom stereocenters. The zero-order valence-electron chi connectivity index (χ0n) is 9.33. The molecule has 1 heterocycles. The average Bonchev–Trinajstić information content (AvgIpc) is 2.38. The fourth-order valence-corrected chi connectivity index (χ4v) is 1.64. The number of rotatable bonds is 3. The van der Waals surface area contributed by atoms with E-state index in [1.165, 1.54) is 31.5 Å². The summed E-state index contributed by atoms with van der Waals surface area (Å²) in [4.78, 5) is 18.0. The van der Waals surface area contributed by atoms with Crippen LogP contribution in [-0.2, 0) is 0 Å². The van der Waals surface area contributed by atoms with Crippen molar-refractivity contribution in [3.63, 3.8) is 0 Å². The van der Waals surface area contributed by atoms with Crippen molar-refractivity contribution in [2.75, 3.05) is 7.11 Å². The molecule has 0 atom stereocenters. The van der Waals surface area contributed by atoms with E-state index < -0.39 is 4.92 Å². The first kappa shape index (κ1) is 12.3. The van der Waals surface area contributed by atoms with Gasteiger partial charge in [0.2, 0.25) is 5.28 Å². The minimum atomic E-state index is -0.480. The number of aromatic nitrogens is 2. The molecule has 0 fully saturated rings. The summed E-state index contributed by atoms with van der Waals surface area (Å²) in [7, 11) is 1.48. The number of hydrogen-bond acceptors (Lipinski definition) is 5. The van der Waals surface area contributed by atoms with Gasteiger partial charge in [-0.15, -0.1) is 0 Å². The topological polar surface area (TPSA) is 78.2 Å². The molecule has 0 radical (unpaired) electrons. The van der Waals surface area contributed by atoms with Crippen LogP contribution in [0, 0.1) is 10.1 Å². The first-order chi connectivity index (χ1) is 8.61. The van der Waals surface area contributed by atoms with Gasteiger partial charge in [-0.05, 0) is 23.7 Å². The highest BCUT2D eigenvalue weighted by molar-refractivity contribution is 6.28. The van der Waals surface area contributed by atoms with Gasteiger partial charge in [0, 0.05) is 23.9 Å². The lowest BCUT2D eigenvalue weighted by Gasteiger charge is -2.07. The van der Waals surface area contributed by atoms with Crippen LogP contribution in [0.25, 0.3) is 11.3 Å². The molecule has 0 saturated heterocycles. The van der Waals surface area contributed by atoms with E-state index in [4.69, 9.17) is 16.3 Å². The third kappa shape index (κ3) is 2.38. The standard InChI is InChI=1S/C11H8ClN3O3/c1-18-10-3-2-7(15(16)17)6-8(10)9-4-5-13-11(12)14-9/h2-6H,1H3. The summed E-state index contributed by atoms with van der Waals surface area (Å²) in [6.07, 6.45) is 1.48. The highest BCUT2D eigenvalue weighted by Gasteiger charge is 2.14. The Morgan fingerprint density at radius 3 is 2.78 bits per heavy atom. The molecule has 0 N–H and O–H groups in total. The van der Waals surface area contributed by atoms with Crippen molar-refractivity contribution in [1.82, 2.24) is 9.97 Å². The maximum absolute atomic E-state index is 10.8. The van der Waals surface area contributed by atoms with E-state index in [1.54, 1.807) is 6.07 Å². The number of methoxy groups -OCH3 is 1. The summed E-state index contributed by atoms with van der Waals surface area (Å²) in [5, 5.41) is 10.8. The number of ether oxygens (including phenoxy) is 1. The van der Waals surface area contributed by atoms with E-state index in [1.807, 2.05) is 0 Å². The molecule has 7 heteroatoms. The van der Waals surface area contributed by atoms with Crippen molar-refractivity contribution >= 4 is 17.3 Å². The lowest BCUT2D eigenvalue weighted by Crippen LogP contribution is -1.94. The largest absolute Gasteiger partial charge is 0.496 e. The summed E-state index contributed by atoms with van der Waals surface area (Å²) in [6, 6.07) is 5.87. The maximum atomic E-state index is 10.8. The average molecular weight is 266 g/mol. The van der Waals surface area contributed by atoms with Crippen molar-refractivity contribution in [3.8, 4) is 17.0 Å². The Hall–Kier alpha value is -2.21. The first-order valence-corrected chi connectivity index (χ1v) is 5.31. The second-order valence-electron chi connectivity index (χ2n) is 3.35. The molecule has 6 nitrogen and oxygen atoms in total. The van der Waals surface area contributed by atoms with E-state index in [-0.39, 0.29) is 11.0 Å². The predicted molar refractivity (Wildman–Crippen MR) is 65.7 cm³/mol. The van der Waals surface area contributed by atoms with E-state index >= 15 is 0 Å². The van der Waals surface area contributed by atoms with Gasteiger partial charge in [-0.1, -0.05) is 0 Å². The van der Waals surface area contributed by atoms with E-state index in [0.29, 0.717) is 17.0 Å². The fourth-order valence-electron chi connectivity index (χ4n) is 1.49. The van der Waals surface area contributed by atoms with Gasteiger partial charge < -0.3 is 4.74 Å². The molecule has 1 aromatic carbocycles. The number of halogens is 1. The minimum absolute atomic E-state index is 0.0412. The Balaban J connectivity index is 2.60. The van der Waals surface area contributed by atoms with Crippen molar-refractivity contribution < 1.29 is 9.66 Å². The van der Waals surface area contributed by atoms with E-state index in [0.717, 1.165) is 0 Å². The molecule has 0 aliphatic carbocycles. The normalized spacial score (nSPS) is 10.1. The van der Waals surface area contributed by atoms with Crippen LogP contribution in [0.5, 0.6) is 5.75 Å². The Morgan fingerprint density at radius 1 is 1.39 bits per heavy atom. The number of benzene rings is 1. The molecule has 2 rings (SSSR count). The Kier molecular flexibility index (Phi) is 3.38. The highest BCUT2D eigenvalue weighted by atomic mass is 35.5. The summed E-state index contributed by atoms with van der Waals surface area (Å²) in [5.41, 5.74) is 0.923. The van der Waals surface area contributed by atoms with Crippen LogP contribution in [0.1, 0.15) is 0 Å². The quantitative estimate of drug-likeness (QED) is 0.484. The van der Waals surface area contributed by atoms with Gasteiger partial charge in [-0.3, -0.25) is 10.1 Å². The molecule has 18 heavy (non-hydrogen) atoms. The van der Waals surface area contributed by atoms with Crippen LogP contribution in [0.4, 0.5) is 5.69 Å². The number of hydrogen-bond donors (Lipinski definition) is 0. The van der Waals surface area contributed by atoms with Gasteiger partial charge in [0.15, 0.2) is 0 Å². The third-order valence-electron chi connectivity index (χ3n) is 2.30. The summed E-state index contributed by atoms with van der Waals surface area (Å²) < 4.78 is 5.15. The van der Waals surface area contributed by atoms with Crippen LogP contribution in [0.15, 0.2) is 30.5 Å². The van der Waals surface area contributed by atoms with Gasteiger partial charge in [0.25, 0.3) is 5.69 Å². The predicted octanol–water partition coefficient (Wildman–Crippen LogP) is 2.71. The fraction of sp³-hybridized carbons (Fsp3) is 0.0909. The molecule has 0 spiro atoms. The smallest absolute Gasteiger partial charge is 0.270 e. The molecule has 1 aromatic heterocycles. The van der Waals surface area contributed by atoms with Crippen molar-refractivity contribution in [3.05, 3.63) is 45.9 Å². The minimum Gasteiger partial charge on any atom is -0.496 e. The van der Waals surface area contributed by atoms with Gasteiger partial charge in [0.05, 0.1) is 17.7 Å². The third-order valence-corrected chi connectivity index (χ3v) is 2.48. The van der Waals surface area contributed by atoms with Crippen molar-refractivity contribution in [2.45, 2.75) is 0 Å². The Bertz CT molecular complexity index is 604. The van der Waals surface area contributed by atoms with Crippen LogP contribution >= 0.6 is 11.6 Å². The SMILES string of the molecule is COc1ccc([N+](=O)[O-])cc1-c1ccnc(Cl)n1. The first-order valence-electron chi connectivity index (χ1n) is 4.93. The van der Waals surface area contributed by atoms with Crippen molar-refractivity contribution in [1.29, 1.82) is 0 Å². The van der Waals surface area contributed by atoms with Crippen LogP contribution < -0.4 is 4.74 Å². The van der Waals surface area contributed by atoms with E-state index in [2.05, 4.69) is 9.97 Å². The van der Waals surface area contributed by atoms with Gasteiger partial charge in [0.1, 0.15) is 5.75 Å². The van der Waals surface area contributed by atoms with Crippen LogP contribution in [0.3, 0.4) is 0 Å². The maximum Gasteiger partial charge on any atom is 0.270 e. The van der Waals surface area contributed by atoms with Crippen LogP contribution in [0.2, 0.25) is 5.28 Å². The van der Waals surface area contributed by atoms with Gasteiger partial charge in [-0.2, -0.15) is 0 Å². The number of nitro groups is 1. The summed E-state index contributed by atoms with van der Waals surface area (Å²) in [6.45, 7) is 0. The monoisotopic (exact) mass is 265 g/mol. The number of nitrogens with zero attached hydrogens (tertiary/aromatic N) is 3. The molecule has 0 aliphatic rings. The zero-order chi connectivity index (χ0) is 13.1. The Morgan fingerprint density at radius 2 is 2.17 bits per heavy atom. The van der Waals surface area contributed by atoms with E-state index in [9.17, 15) is 10.1 Å². The molecule has 0 bridgehead atoms. The Labute approximate surface area is 107 Å². The van der Waals surface area contributed by atoms with Gasteiger partial charge in [-0.25, -0.2) is 9.97 Å². The lowest BCUT2D eigenvalue weighted by atomic mass is 10.1. The molecule has 2 aromatic rings. The number of nitro benzene ring substituents is 1. The summed E-state index contributed by atoms with van der Waals surface area (Å²) in [5.74, 6) is 0.482. The lowest BCUT2D eigenvalue weighted by molar-refractivity contribution is -0.384. The number of non-ortho nitro benzene ring substituents is 1. The molecular formula is C11H8ClN3O3. The second kappa shape index (κ2) is 4.97. The molecular weight excluding hydrogens is 258 g/mol.